The first kappa shape index (κ1) is 19.3. The molecular formula is C18H29IN4O. The summed E-state index contributed by atoms with van der Waals surface area (Å²) >= 11 is 0. The lowest BCUT2D eigenvalue weighted by molar-refractivity contribution is 0.161. The van der Waals surface area contributed by atoms with Crippen molar-refractivity contribution in [3.05, 3.63) is 29.8 Å². The van der Waals surface area contributed by atoms with Gasteiger partial charge in [0.25, 0.3) is 0 Å². The summed E-state index contributed by atoms with van der Waals surface area (Å²) in [6.45, 7) is 5.09. The van der Waals surface area contributed by atoms with E-state index in [4.69, 9.17) is 4.74 Å². The Morgan fingerprint density at radius 3 is 2.71 bits per heavy atom. The van der Waals surface area contributed by atoms with Crippen LogP contribution < -0.4 is 15.4 Å². The number of nitrogens with one attached hydrogen (secondary N) is 2. The van der Waals surface area contributed by atoms with Gasteiger partial charge in [0.1, 0.15) is 5.75 Å². The predicted octanol–water partition coefficient (Wildman–Crippen LogP) is 2.78. The van der Waals surface area contributed by atoms with Crippen LogP contribution in [0.2, 0.25) is 0 Å². The summed E-state index contributed by atoms with van der Waals surface area (Å²) in [7, 11) is 1.76. The van der Waals surface area contributed by atoms with Gasteiger partial charge in [0.15, 0.2) is 5.96 Å². The van der Waals surface area contributed by atoms with E-state index in [-0.39, 0.29) is 24.0 Å². The van der Waals surface area contributed by atoms with Crippen molar-refractivity contribution < 1.29 is 4.74 Å². The molecule has 2 aliphatic rings. The highest BCUT2D eigenvalue weighted by atomic mass is 127. The number of likely N-dealkylation sites (tertiary alicyclic amines) is 1. The quantitative estimate of drug-likeness (QED) is 0.686. The SMILES string of the molecule is COc1ccccc1C(CNC1=NCCCN1)N1CCCCC1.I. The fourth-order valence-corrected chi connectivity index (χ4v) is 3.45. The first-order chi connectivity index (χ1) is 11.4. The number of ether oxygens (including phenoxy) is 1. The Balaban J connectivity index is 0.00000208. The van der Waals surface area contributed by atoms with Gasteiger partial charge in [-0.25, -0.2) is 0 Å². The average Bonchev–Trinajstić information content (AvgIpc) is 2.64. The molecule has 24 heavy (non-hydrogen) atoms. The van der Waals surface area contributed by atoms with Gasteiger partial charge in [-0.15, -0.1) is 24.0 Å². The molecule has 1 atom stereocenters. The number of hydrogen-bond acceptors (Lipinski definition) is 5. The number of hydrogen-bond donors (Lipinski definition) is 2. The van der Waals surface area contributed by atoms with Gasteiger partial charge in [0.2, 0.25) is 0 Å². The van der Waals surface area contributed by atoms with E-state index < -0.39 is 0 Å². The van der Waals surface area contributed by atoms with Gasteiger partial charge in [-0.2, -0.15) is 0 Å². The van der Waals surface area contributed by atoms with E-state index in [2.05, 4.69) is 38.7 Å². The summed E-state index contributed by atoms with van der Waals surface area (Å²) in [4.78, 5) is 7.11. The Labute approximate surface area is 162 Å². The molecule has 1 unspecified atom stereocenters. The molecule has 1 saturated heterocycles. The molecule has 0 bridgehead atoms. The molecule has 2 aliphatic heterocycles. The van der Waals surface area contributed by atoms with Crippen LogP contribution in [0, 0.1) is 0 Å². The van der Waals surface area contributed by atoms with Crippen LogP contribution in [-0.4, -0.2) is 50.7 Å². The standard InChI is InChI=1S/C18H28N4O.HI/c1-23-17-9-4-3-8-15(17)16(22-12-5-2-6-13-22)14-21-18-19-10-7-11-20-18;/h3-4,8-9,16H,2,5-7,10-14H2,1H3,(H2,19,20,21);1H. The minimum atomic E-state index is 0. The smallest absolute Gasteiger partial charge is 0.191 e. The Morgan fingerprint density at radius 1 is 1.21 bits per heavy atom. The second-order valence-electron chi connectivity index (χ2n) is 6.25. The van der Waals surface area contributed by atoms with Crippen molar-refractivity contribution in [2.24, 2.45) is 4.99 Å². The fraction of sp³-hybridized carbons (Fsp3) is 0.611. The van der Waals surface area contributed by atoms with E-state index in [9.17, 15) is 0 Å². The van der Waals surface area contributed by atoms with Crippen molar-refractivity contribution in [1.82, 2.24) is 15.5 Å². The second-order valence-corrected chi connectivity index (χ2v) is 6.25. The van der Waals surface area contributed by atoms with Crippen molar-refractivity contribution in [2.45, 2.75) is 31.7 Å². The third-order valence-corrected chi connectivity index (χ3v) is 4.69. The summed E-state index contributed by atoms with van der Waals surface area (Å²) < 4.78 is 5.61. The van der Waals surface area contributed by atoms with Crippen molar-refractivity contribution in [3.63, 3.8) is 0 Å². The van der Waals surface area contributed by atoms with Crippen LogP contribution in [0.4, 0.5) is 0 Å². The van der Waals surface area contributed by atoms with Crippen LogP contribution >= 0.6 is 24.0 Å². The number of aliphatic imine (C=N–C) groups is 1. The summed E-state index contributed by atoms with van der Waals surface area (Å²) in [6.07, 6.45) is 5.03. The van der Waals surface area contributed by atoms with E-state index in [1.807, 2.05) is 6.07 Å². The zero-order chi connectivity index (χ0) is 15.9. The van der Waals surface area contributed by atoms with Crippen molar-refractivity contribution in [1.29, 1.82) is 0 Å². The molecule has 134 valence electrons. The Morgan fingerprint density at radius 2 is 2.00 bits per heavy atom. The summed E-state index contributed by atoms with van der Waals surface area (Å²) in [5.74, 6) is 1.91. The molecule has 0 amide bonds. The zero-order valence-corrected chi connectivity index (χ0v) is 16.8. The van der Waals surface area contributed by atoms with Crippen LogP contribution in [0.5, 0.6) is 5.75 Å². The molecule has 2 N–H and O–H groups in total. The maximum atomic E-state index is 5.61. The van der Waals surface area contributed by atoms with Gasteiger partial charge in [-0.05, 0) is 38.4 Å². The summed E-state index contributed by atoms with van der Waals surface area (Å²) in [5, 5.41) is 6.86. The Kier molecular flexibility index (Phi) is 8.11. The lowest BCUT2D eigenvalue weighted by Crippen LogP contribution is -2.46. The molecule has 1 fully saturated rings. The van der Waals surface area contributed by atoms with Crippen LogP contribution in [0.25, 0.3) is 0 Å². The summed E-state index contributed by atoms with van der Waals surface area (Å²) in [6, 6.07) is 8.71. The molecule has 0 radical (unpaired) electrons. The monoisotopic (exact) mass is 444 g/mol. The summed E-state index contributed by atoms with van der Waals surface area (Å²) in [5.41, 5.74) is 1.26. The van der Waals surface area contributed by atoms with E-state index in [0.717, 1.165) is 50.9 Å². The second kappa shape index (κ2) is 10.1. The van der Waals surface area contributed by atoms with E-state index in [1.165, 1.54) is 24.8 Å². The van der Waals surface area contributed by atoms with Gasteiger partial charge < -0.3 is 15.4 Å². The molecule has 1 aromatic rings. The Bertz CT molecular complexity index is 532. The normalized spacial score (nSPS) is 19.5. The Hall–Kier alpha value is -1.02. The highest BCUT2D eigenvalue weighted by Crippen LogP contribution is 2.30. The van der Waals surface area contributed by atoms with Gasteiger partial charge in [-0.1, -0.05) is 24.6 Å². The predicted molar refractivity (Wildman–Crippen MR) is 109 cm³/mol. The molecule has 2 heterocycles. The lowest BCUT2D eigenvalue weighted by Gasteiger charge is -2.36. The highest BCUT2D eigenvalue weighted by Gasteiger charge is 2.25. The molecule has 0 spiro atoms. The van der Waals surface area contributed by atoms with Crippen LogP contribution in [0.3, 0.4) is 0 Å². The maximum Gasteiger partial charge on any atom is 0.191 e. The number of guanidine groups is 1. The molecular weight excluding hydrogens is 415 g/mol. The van der Waals surface area contributed by atoms with Crippen molar-refractivity contribution in [2.75, 3.05) is 39.8 Å². The number of benzene rings is 1. The number of piperidine rings is 1. The molecule has 0 aliphatic carbocycles. The fourth-order valence-electron chi connectivity index (χ4n) is 3.45. The van der Waals surface area contributed by atoms with E-state index >= 15 is 0 Å². The van der Waals surface area contributed by atoms with E-state index in [1.54, 1.807) is 7.11 Å². The first-order valence-corrected chi connectivity index (χ1v) is 8.77. The lowest BCUT2D eigenvalue weighted by atomic mass is 10.0. The third-order valence-electron chi connectivity index (χ3n) is 4.69. The molecule has 0 saturated carbocycles. The third kappa shape index (κ3) is 4.99. The van der Waals surface area contributed by atoms with E-state index in [0.29, 0.717) is 6.04 Å². The molecule has 6 heteroatoms. The average molecular weight is 444 g/mol. The van der Waals surface area contributed by atoms with Crippen LogP contribution in [0.15, 0.2) is 29.3 Å². The molecule has 5 nitrogen and oxygen atoms in total. The molecule has 1 aromatic carbocycles. The number of halogens is 1. The zero-order valence-electron chi connectivity index (χ0n) is 14.5. The number of nitrogens with zero attached hydrogens (tertiary/aromatic N) is 2. The highest BCUT2D eigenvalue weighted by molar-refractivity contribution is 14.0. The van der Waals surface area contributed by atoms with Crippen LogP contribution in [-0.2, 0) is 0 Å². The van der Waals surface area contributed by atoms with Gasteiger partial charge in [0, 0.05) is 25.2 Å². The number of methoxy groups -OCH3 is 1. The van der Waals surface area contributed by atoms with Crippen LogP contribution in [0.1, 0.15) is 37.3 Å². The molecule has 0 aromatic heterocycles. The van der Waals surface area contributed by atoms with Crippen molar-refractivity contribution >= 4 is 29.9 Å². The minimum Gasteiger partial charge on any atom is -0.496 e. The maximum absolute atomic E-state index is 5.61. The number of rotatable bonds is 5. The van der Waals surface area contributed by atoms with Crippen molar-refractivity contribution in [3.8, 4) is 5.75 Å². The molecule has 3 rings (SSSR count). The van der Waals surface area contributed by atoms with Gasteiger partial charge >= 0.3 is 0 Å². The van der Waals surface area contributed by atoms with Gasteiger partial charge in [0.05, 0.1) is 13.2 Å². The first-order valence-electron chi connectivity index (χ1n) is 8.77. The largest absolute Gasteiger partial charge is 0.496 e. The minimum absolute atomic E-state index is 0. The topological polar surface area (TPSA) is 48.9 Å². The number of para-hydroxylation sites is 1. The van der Waals surface area contributed by atoms with Gasteiger partial charge in [-0.3, -0.25) is 9.89 Å².